The Labute approximate surface area is 184 Å². The van der Waals surface area contributed by atoms with Crippen molar-refractivity contribution < 1.29 is 24.8 Å². The summed E-state index contributed by atoms with van der Waals surface area (Å²) in [5, 5.41) is 42.7. The molecule has 31 heavy (non-hydrogen) atoms. The Kier molecular flexibility index (Phi) is 6.77. The van der Waals surface area contributed by atoms with Crippen LogP contribution in [0, 0.1) is 0 Å². The van der Waals surface area contributed by atoms with Crippen LogP contribution in [0.4, 0.5) is 0 Å². The zero-order valence-electron chi connectivity index (χ0n) is 17.3. The molecule has 1 saturated heterocycles. The van der Waals surface area contributed by atoms with Crippen molar-refractivity contribution in [3.8, 4) is 5.75 Å². The average molecular weight is 450 g/mol. The Morgan fingerprint density at radius 3 is 2.94 bits per heavy atom. The molecule has 0 radical (unpaired) electrons. The van der Waals surface area contributed by atoms with Crippen LogP contribution in [0.25, 0.3) is 0 Å². The van der Waals surface area contributed by atoms with Gasteiger partial charge in [0, 0.05) is 6.54 Å². The number of nitrogens with zero attached hydrogens (tertiary/aromatic N) is 4. The van der Waals surface area contributed by atoms with Crippen molar-refractivity contribution in [2.45, 2.75) is 62.9 Å². The number of nitrogens with one attached hydrogen (secondary N) is 1. The topological polar surface area (TPSA) is 134 Å². The number of rotatable bonds is 7. The summed E-state index contributed by atoms with van der Waals surface area (Å²) in [6.45, 7) is 4.84. The predicted molar refractivity (Wildman–Crippen MR) is 115 cm³/mol. The highest BCUT2D eigenvalue weighted by Gasteiger charge is 2.48. The molecule has 3 heterocycles. The van der Waals surface area contributed by atoms with E-state index in [1.807, 2.05) is 25.1 Å². The van der Waals surface area contributed by atoms with Gasteiger partial charge in [0.25, 0.3) is 0 Å². The molecule has 2 aliphatic heterocycles. The van der Waals surface area contributed by atoms with Crippen molar-refractivity contribution in [2.24, 2.45) is 4.99 Å². The second kappa shape index (κ2) is 9.53. The lowest BCUT2D eigenvalue weighted by Crippen LogP contribution is -2.55. The minimum absolute atomic E-state index is 0.209. The molecule has 0 amide bonds. The number of fused-ring (bicyclic) bond motifs is 1. The van der Waals surface area contributed by atoms with Gasteiger partial charge in [-0.15, -0.1) is 5.10 Å². The summed E-state index contributed by atoms with van der Waals surface area (Å²) in [5.41, 5.74) is 1.02. The molecule has 0 bridgehead atoms. The summed E-state index contributed by atoms with van der Waals surface area (Å²) in [6.07, 6.45) is -1.59. The third kappa shape index (κ3) is 5.01. The van der Waals surface area contributed by atoms with E-state index in [9.17, 15) is 15.3 Å². The van der Waals surface area contributed by atoms with Crippen molar-refractivity contribution in [1.82, 2.24) is 20.3 Å². The van der Waals surface area contributed by atoms with Crippen molar-refractivity contribution in [3.05, 3.63) is 41.7 Å². The molecule has 6 atom stereocenters. The van der Waals surface area contributed by atoms with Gasteiger partial charge in [0.05, 0.1) is 18.8 Å². The van der Waals surface area contributed by atoms with Crippen molar-refractivity contribution in [3.63, 3.8) is 0 Å². The second-order valence-corrected chi connectivity index (χ2v) is 8.65. The quantitative estimate of drug-likeness (QED) is 0.475. The van der Waals surface area contributed by atoms with Crippen LogP contribution in [-0.2, 0) is 17.9 Å². The first-order valence-corrected chi connectivity index (χ1v) is 11.1. The van der Waals surface area contributed by atoms with Gasteiger partial charge >= 0.3 is 0 Å². The van der Waals surface area contributed by atoms with Crippen LogP contribution in [0.5, 0.6) is 5.75 Å². The number of aliphatic hydroxyl groups excluding tert-OH is 3. The van der Waals surface area contributed by atoms with E-state index in [0.717, 1.165) is 12.1 Å². The van der Waals surface area contributed by atoms with Crippen LogP contribution in [0.15, 0.2) is 35.5 Å². The number of benzene rings is 1. The zero-order valence-corrected chi connectivity index (χ0v) is 18.1. The van der Waals surface area contributed by atoms with Gasteiger partial charge in [0.15, 0.2) is 5.17 Å². The fraction of sp³-hybridized carbons (Fsp3) is 0.550. The maximum atomic E-state index is 10.5. The van der Waals surface area contributed by atoms with Gasteiger partial charge in [-0.25, -0.2) is 4.68 Å². The molecule has 2 aromatic rings. The normalized spacial score (nSPS) is 28.7. The standard InChI is InChI=1S/C20H27N5O5S/c1-3-21-20-22-16-18(28)17(27)15(30-19(16)31-20)9-25-8-13(23-24-25)10-29-14-6-4-5-12(7-14)11(2)26/h4-8,11,15-19,26-28H,3,9-10H2,1-2H3,(H,21,22)/t11?,15-,16-,17-,18-,19-/m1/s1. The van der Waals surface area contributed by atoms with Gasteiger partial charge in [-0.1, -0.05) is 29.1 Å². The van der Waals surface area contributed by atoms with Crippen molar-refractivity contribution in [2.75, 3.05) is 6.54 Å². The first kappa shape index (κ1) is 22.0. The second-order valence-electron chi connectivity index (χ2n) is 7.57. The number of thioether (sulfide) groups is 1. The highest BCUT2D eigenvalue weighted by Crippen LogP contribution is 2.36. The maximum Gasteiger partial charge on any atom is 0.159 e. The molecule has 1 fully saturated rings. The predicted octanol–water partition coefficient (Wildman–Crippen LogP) is 0.438. The Morgan fingerprint density at radius 2 is 2.16 bits per heavy atom. The Bertz CT molecular complexity index is 923. The number of aliphatic imine (C=N–C) groups is 1. The number of ether oxygens (including phenoxy) is 2. The first-order valence-electron chi connectivity index (χ1n) is 10.2. The first-order chi connectivity index (χ1) is 14.9. The molecule has 1 aromatic heterocycles. The van der Waals surface area contributed by atoms with Crippen LogP contribution in [0.2, 0.25) is 0 Å². The van der Waals surface area contributed by atoms with Crippen LogP contribution in [0.3, 0.4) is 0 Å². The maximum absolute atomic E-state index is 10.5. The molecular formula is C20H27N5O5S. The number of aliphatic hydroxyl groups is 3. The molecule has 1 aromatic carbocycles. The van der Waals surface area contributed by atoms with E-state index in [-0.39, 0.29) is 18.6 Å². The molecule has 0 spiro atoms. The van der Waals surface area contributed by atoms with E-state index in [1.165, 1.54) is 11.8 Å². The molecule has 168 valence electrons. The molecule has 10 nitrogen and oxygen atoms in total. The summed E-state index contributed by atoms with van der Waals surface area (Å²) in [5.74, 6) is 0.628. The Morgan fingerprint density at radius 1 is 1.32 bits per heavy atom. The van der Waals surface area contributed by atoms with E-state index in [4.69, 9.17) is 9.47 Å². The number of aromatic nitrogens is 3. The summed E-state index contributed by atoms with van der Waals surface area (Å²) >= 11 is 1.42. The lowest BCUT2D eigenvalue weighted by Gasteiger charge is -2.38. The number of hydrogen-bond acceptors (Lipinski definition) is 10. The van der Waals surface area contributed by atoms with Crippen LogP contribution in [0.1, 0.15) is 31.2 Å². The molecule has 11 heteroatoms. The lowest BCUT2D eigenvalue weighted by molar-refractivity contribution is -0.157. The van der Waals surface area contributed by atoms with Crippen LogP contribution >= 0.6 is 11.8 Å². The van der Waals surface area contributed by atoms with E-state index in [0.29, 0.717) is 16.6 Å². The molecule has 0 saturated carbocycles. The molecule has 4 N–H and O–H groups in total. The molecule has 2 aliphatic rings. The Balaban J connectivity index is 1.34. The van der Waals surface area contributed by atoms with Crippen LogP contribution in [-0.4, -0.2) is 71.8 Å². The highest BCUT2D eigenvalue weighted by molar-refractivity contribution is 8.14. The van der Waals surface area contributed by atoms with Gasteiger partial charge in [0.2, 0.25) is 0 Å². The fourth-order valence-corrected chi connectivity index (χ4v) is 4.71. The summed E-state index contributed by atoms with van der Waals surface area (Å²) in [4.78, 5) is 4.41. The van der Waals surface area contributed by atoms with E-state index in [2.05, 4.69) is 20.6 Å². The van der Waals surface area contributed by atoms with Gasteiger partial charge in [0.1, 0.15) is 47.8 Å². The van der Waals surface area contributed by atoms with Gasteiger partial charge in [-0.3, -0.25) is 4.99 Å². The smallest absolute Gasteiger partial charge is 0.159 e. The van der Waals surface area contributed by atoms with E-state index < -0.39 is 30.5 Å². The average Bonchev–Trinajstić information content (AvgIpc) is 3.37. The van der Waals surface area contributed by atoms with Gasteiger partial charge in [-0.05, 0) is 31.5 Å². The van der Waals surface area contributed by atoms with E-state index >= 15 is 0 Å². The minimum atomic E-state index is -1.08. The fourth-order valence-electron chi connectivity index (χ4n) is 3.52. The Hall–Kier alpha value is -2.18. The van der Waals surface area contributed by atoms with Crippen molar-refractivity contribution in [1.29, 1.82) is 0 Å². The van der Waals surface area contributed by atoms with Crippen LogP contribution < -0.4 is 10.1 Å². The minimum Gasteiger partial charge on any atom is -0.487 e. The monoisotopic (exact) mass is 449 g/mol. The summed E-state index contributed by atoms with van der Waals surface area (Å²) in [6, 6.07) is 6.74. The third-order valence-corrected chi connectivity index (χ3v) is 6.27. The number of hydrogen-bond donors (Lipinski definition) is 4. The summed E-state index contributed by atoms with van der Waals surface area (Å²) < 4.78 is 13.3. The molecule has 4 rings (SSSR count). The lowest BCUT2D eigenvalue weighted by atomic mass is 9.98. The van der Waals surface area contributed by atoms with Crippen molar-refractivity contribution >= 4 is 16.9 Å². The third-order valence-electron chi connectivity index (χ3n) is 5.17. The number of amidine groups is 1. The molecular weight excluding hydrogens is 422 g/mol. The van der Waals surface area contributed by atoms with E-state index in [1.54, 1.807) is 23.9 Å². The van der Waals surface area contributed by atoms with Gasteiger partial charge < -0.3 is 30.1 Å². The van der Waals surface area contributed by atoms with Gasteiger partial charge in [-0.2, -0.15) is 0 Å². The SMILES string of the molecule is CCNC1=N[C@@H]2[C@@H](O)[C@H](O)[C@@H](Cn3cc(COc4cccc(C(C)O)c4)nn3)O[C@@H]2S1. The molecule has 1 unspecified atom stereocenters. The summed E-state index contributed by atoms with van der Waals surface area (Å²) in [7, 11) is 0. The highest BCUT2D eigenvalue weighted by atomic mass is 32.2. The molecule has 0 aliphatic carbocycles. The largest absolute Gasteiger partial charge is 0.487 e. The zero-order chi connectivity index (χ0) is 22.0.